The van der Waals surface area contributed by atoms with Crippen LogP contribution in [0.3, 0.4) is 0 Å². The van der Waals surface area contributed by atoms with E-state index in [9.17, 15) is 8.42 Å². The van der Waals surface area contributed by atoms with E-state index in [-0.39, 0.29) is 0 Å². The first-order valence-electron chi connectivity index (χ1n) is 6.04. The lowest BCUT2D eigenvalue weighted by Gasteiger charge is -2.33. The topological polar surface area (TPSA) is 34.1 Å². The Morgan fingerprint density at radius 1 is 1.00 bits per heavy atom. The smallest absolute Gasteiger partial charge is 0.150 e. The van der Waals surface area contributed by atoms with Crippen molar-refractivity contribution >= 4 is 9.84 Å². The van der Waals surface area contributed by atoms with Crippen LogP contribution in [0.15, 0.2) is 0 Å². The minimum atomic E-state index is -2.70. The van der Waals surface area contributed by atoms with Crippen LogP contribution in [0.1, 0.15) is 40.5 Å². The lowest BCUT2D eigenvalue weighted by atomic mass is 9.76. The summed E-state index contributed by atoms with van der Waals surface area (Å²) in [6.45, 7) is 9.08. The molecule has 0 aromatic heterocycles. The average Bonchev–Trinajstić information content (AvgIpc) is 2.15. The van der Waals surface area contributed by atoms with Gasteiger partial charge in [-0.3, -0.25) is 0 Å². The van der Waals surface area contributed by atoms with Gasteiger partial charge in [0.15, 0.2) is 0 Å². The molecule has 1 rings (SSSR count). The zero-order valence-electron chi connectivity index (χ0n) is 10.4. The van der Waals surface area contributed by atoms with E-state index in [1.54, 1.807) is 0 Å². The maximum atomic E-state index is 11.3. The van der Waals surface area contributed by atoms with Crippen LogP contribution >= 0.6 is 0 Å². The van der Waals surface area contributed by atoms with Crippen LogP contribution in [0.5, 0.6) is 0 Å². The highest BCUT2D eigenvalue weighted by Crippen LogP contribution is 2.33. The Hall–Kier alpha value is -0.0500. The van der Waals surface area contributed by atoms with E-state index in [4.69, 9.17) is 0 Å². The van der Waals surface area contributed by atoms with Crippen molar-refractivity contribution in [2.45, 2.75) is 40.5 Å². The van der Waals surface area contributed by atoms with E-state index < -0.39 is 9.84 Å². The monoisotopic (exact) mass is 232 g/mol. The van der Waals surface area contributed by atoms with Gasteiger partial charge in [0.2, 0.25) is 0 Å². The molecular weight excluding hydrogens is 208 g/mol. The summed E-state index contributed by atoms with van der Waals surface area (Å²) in [5.41, 5.74) is 0. The van der Waals surface area contributed by atoms with Crippen LogP contribution in [-0.2, 0) is 9.84 Å². The SMILES string of the molecule is CC(C)C(C)C(C)C1CCS(=O)(=O)CC1. The molecule has 0 aromatic rings. The molecule has 0 aliphatic carbocycles. The summed E-state index contributed by atoms with van der Waals surface area (Å²) >= 11 is 0. The lowest BCUT2D eigenvalue weighted by Crippen LogP contribution is -2.31. The molecule has 3 heteroatoms. The molecule has 2 nitrogen and oxygen atoms in total. The summed E-state index contributed by atoms with van der Waals surface area (Å²) in [4.78, 5) is 0. The van der Waals surface area contributed by atoms with Crippen molar-refractivity contribution in [2.24, 2.45) is 23.7 Å². The van der Waals surface area contributed by atoms with E-state index >= 15 is 0 Å². The molecule has 1 saturated heterocycles. The molecule has 15 heavy (non-hydrogen) atoms. The molecule has 0 N–H and O–H groups in total. The Bertz CT molecular complexity index is 279. The predicted octanol–water partition coefficient (Wildman–Crippen LogP) is 2.74. The van der Waals surface area contributed by atoms with Crippen molar-refractivity contribution in [1.29, 1.82) is 0 Å². The highest BCUT2D eigenvalue weighted by molar-refractivity contribution is 7.91. The van der Waals surface area contributed by atoms with Gasteiger partial charge in [-0.25, -0.2) is 8.42 Å². The molecule has 0 aromatic carbocycles. The summed E-state index contributed by atoms with van der Waals surface area (Å²) in [7, 11) is -2.70. The third-order valence-electron chi connectivity index (χ3n) is 4.22. The number of sulfone groups is 1. The van der Waals surface area contributed by atoms with Gasteiger partial charge in [0.1, 0.15) is 9.84 Å². The molecule has 1 fully saturated rings. The van der Waals surface area contributed by atoms with Gasteiger partial charge in [0.05, 0.1) is 11.5 Å². The zero-order valence-corrected chi connectivity index (χ0v) is 11.2. The molecule has 0 amide bonds. The minimum absolute atomic E-state index is 0.410. The highest BCUT2D eigenvalue weighted by atomic mass is 32.2. The first-order valence-corrected chi connectivity index (χ1v) is 7.86. The quantitative estimate of drug-likeness (QED) is 0.750. The Kier molecular flexibility index (Phi) is 4.21. The van der Waals surface area contributed by atoms with Crippen LogP contribution in [0.25, 0.3) is 0 Å². The van der Waals surface area contributed by atoms with Crippen molar-refractivity contribution in [3.8, 4) is 0 Å². The number of hydrogen-bond acceptors (Lipinski definition) is 2. The van der Waals surface area contributed by atoms with Gasteiger partial charge in [-0.15, -0.1) is 0 Å². The fourth-order valence-corrected chi connectivity index (χ4v) is 4.00. The predicted molar refractivity (Wildman–Crippen MR) is 64.5 cm³/mol. The van der Waals surface area contributed by atoms with Crippen LogP contribution in [-0.4, -0.2) is 19.9 Å². The highest BCUT2D eigenvalue weighted by Gasteiger charge is 2.30. The van der Waals surface area contributed by atoms with Crippen molar-refractivity contribution < 1.29 is 8.42 Å². The summed E-state index contributed by atoms with van der Waals surface area (Å²) < 4.78 is 22.6. The molecule has 0 radical (unpaired) electrons. The van der Waals surface area contributed by atoms with Gasteiger partial charge < -0.3 is 0 Å². The molecular formula is C12H24O2S. The van der Waals surface area contributed by atoms with Crippen LogP contribution in [0.4, 0.5) is 0 Å². The fraction of sp³-hybridized carbons (Fsp3) is 1.00. The standard InChI is InChI=1S/C12H24O2S/c1-9(2)10(3)11(4)12-5-7-15(13,14)8-6-12/h9-12H,5-8H2,1-4H3. The fourth-order valence-electron chi connectivity index (χ4n) is 2.47. The summed E-state index contributed by atoms with van der Waals surface area (Å²) in [6, 6.07) is 0. The molecule has 1 aliphatic heterocycles. The maximum absolute atomic E-state index is 11.3. The van der Waals surface area contributed by atoms with Crippen LogP contribution < -0.4 is 0 Å². The third kappa shape index (κ3) is 3.47. The first-order chi connectivity index (χ1) is 6.83. The molecule has 2 unspecified atom stereocenters. The summed E-state index contributed by atoms with van der Waals surface area (Å²) in [5.74, 6) is 3.47. The van der Waals surface area contributed by atoms with Gasteiger partial charge in [0, 0.05) is 0 Å². The van der Waals surface area contributed by atoms with Crippen molar-refractivity contribution in [3.63, 3.8) is 0 Å². The van der Waals surface area contributed by atoms with Crippen molar-refractivity contribution in [1.82, 2.24) is 0 Å². The van der Waals surface area contributed by atoms with E-state index in [1.807, 2.05) is 0 Å². The maximum Gasteiger partial charge on any atom is 0.150 e. The van der Waals surface area contributed by atoms with E-state index in [0.29, 0.717) is 35.2 Å². The molecule has 90 valence electrons. The van der Waals surface area contributed by atoms with Crippen molar-refractivity contribution in [3.05, 3.63) is 0 Å². The summed E-state index contributed by atoms with van der Waals surface area (Å²) in [6.07, 6.45) is 1.75. The Morgan fingerprint density at radius 2 is 1.47 bits per heavy atom. The Morgan fingerprint density at radius 3 is 1.87 bits per heavy atom. The normalized spacial score (nSPS) is 26.5. The summed E-state index contributed by atoms with van der Waals surface area (Å²) in [5, 5.41) is 0. The van der Waals surface area contributed by atoms with Gasteiger partial charge >= 0.3 is 0 Å². The van der Waals surface area contributed by atoms with E-state index in [2.05, 4.69) is 27.7 Å². The molecule has 0 spiro atoms. The van der Waals surface area contributed by atoms with Gasteiger partial charge in [-0.05, 0) is 36.5 Å². The number of rotatable bonds is 3. The Balaban J connectivity index is 2.53. The van der Waals surface area contributed by atoms with Crippen LogP contribution in [0, 0.1) is 23.7 Å². The lowest BCUT2D eigenvalue weighted by molar-refractivity contribution is 0.199. The average molecular weight is 232 g/mol. The van der Waals surface area contributed by atoms with Gasteiger partial charge in [0.25, 0.3) is 0 Å². The van der Waals surface area contributed by atoms with E-state index in [1.165, 1.54) is 0 Å². The molecule has 1 heterocycles. The minimum Gasteiger partial charge on any atom is -0.229 e. The second-order valence-electron chi connectivity index (χ2n) is 5.45. The second kappa shape index (κ2) is 4.86. The molecule has 0 saturated carbocycles. The van der Waals surface area contributed by atoms with Gasteiger partial charge in [-0.1, -0.05) is 27.7 Å². The molecule has 2 atom stereocenters. The van der Waals surface area contributed by atoms with Crippen LogP contribution in [0.2, 0.25) is 0 Å². The Labute approximate surface area is 94.4 Å². The third-order valence-corrected chi connectivity index (χ3v) is 5.94. The largest absolute Gasteiger partial charge is 0.229 e. The van der Waals surface area contributed by atoms with Crippen molar-refractivity contribution in [2.75, 3.05) is 11.5 Å². The first kappa shape index (κ1) is 13.0. The number of hydrogen-bond donors (Lipinski definition) is 0. The molecule has 1 aliphatic rings. The molecule has 0 bridgehead atoms. The zero-order chi connectivity index (χ0) is 11.6. The van der Waals surface area contributed by atoms with Gasteiger partial charge in [-0.2, -0.15) is 0 Å². The van der Waals surface area contributed by atoms with E-state index in [0.717, 1.165) is 12.8 Å². The second-order valence-corrected chi connectivity index (χ2v) is 7.76.